The molecule has 2 N–H and O–H groups in total. The number of rotatable bonds is 5. The maximum Gasteiger partial charge on any atom is 0.306 e. The molecule has 2 nitrogen and oxygen atoms in total. The summed E-state index contributed by atoms with van der Waals surface area (Å²) < 4.78 is 33.4. The van der Waals surface area contributed by atoms with Crippen molar-refractivity contribution in [1.29, 1.82) is 0 Å². The Labute approximate surface area is 127 Å². The van der Waals surface area contributed by atoms with E-state index in [1.165, 1.54) is 12.1 Å². The van der Waals surface area contributed by atoms with Crippen LogP contribution in [-0.2, 0) is 5.92 Å². The number of ether oxygens (including phenoxy) is 1. The Bertz CT molecular complexity index is 602. The highest BCUT2D eigenvalue weighted by atomic mass is 35.5. The highest BCUT2D eigenvalue weighted by Gasteiger charge is 2.32. The van der Waals surface area contributed by atoms with Crippen LogP contribution in [0.4, 0.5) is 8.78 Å². The van der Waals surface area contributed by atoms with Gasteiger partial charge in [-0.2, -0.15) is 8.78 Å². The van der Waals surface area contributed by atoms with Gasteiger partial charge in [0.15, 0.2) is 6.61 Å². The monoisotopic (exact) mass is 311 g/mol. The number of alkyl halides is 2. The van der Waals surface area contributed by atoms with Crippen molar-refractivity contribution in [3.63, 3.8) is 0 Å². The lowest BCUT2D eigenvalue weighted by molar-refractivity contribution is -0.0469. The lowest BCUT2D eigenvalue weighted by atomic mass is 10.1. The van der Waals surface area contributed by atoms with Gasteiger partial charge in [-0.3, -0.25) is 0 Å². The molecule has 2 aromatic rings. The van der Waals surface area contributed by atoms with Crippen molar-refractivity contribution < 1.29 is 13.5 Å². The van der Waals surface area contributed by atoms with E-state index in [4.69, 9.17) is 22.1 Å². The molecule has 0 aliphatic carbocycles. The van der Waals surface area contributed by atoms with E-state index in [0.717, 1.165) is 0 Å². The van der Waals surface area contributed by atoms with E-state index < -0.39 is 12.5 Å². The molecule has 5 heteroatoms. The Morgan fingerprint density at radius 2 is 1.86 bits per heavy atom. The van der Waals surface area contributed by atoms with E-state index in [-0.39, 0.29) is 11.6 Å². The molecule has 0 heterocycles. The summed E-state index contributed by atoms with van der Waals surface area (Å²) >= 11 is 5.89. The largest absolute Gasteiger partial charge is 0.487 e. The Morgan fingerprint density at radius 1 is 1.19 bits per heavy atom. The first kappa shape index (κ1) is 15.7. The quantitative estimate of drug-likeness (QED) is 0.880. The van der Waals surface area contributed by atoms with E-state index >= 15 is 0 Å². The van der Waals surface area contributed by atoms with E-state index in [1.807, 2.05) is 0 Å². The Hall–Kier alpha value is -1.65. The number of hydrogen-bond acceptors (Lipinski definition) is 2. The molecule has 0 radical (unpaired) electrons. The standard InChI is InChI=1S/C16H16ClF2NO/c1-11(20)14-9-13(17)7-8-15(14)21-10-16(18,19)12-5-3-2-4-6-12/h2-9,11H,10,20H2,1H3/t11-/m1/s1. The summed E-state index contributed by atoms with van der Waals surface area (Å²) in [5.41, 5.74) is 6.33. The van der Waals surface area contributed by atoms with Gasteiger partial charge in [0, 0.05) is 22.2 Å². The molecule has 21 heavy (non-hydrogen) atoms. The molecule has 0 spiro atoms. The van der Waals surface area contributed by atoms with Crippen LogP contribution in [0.2, 0.25) is 5.02 Å². The first-order chi connectivity index (χ1) is 9.90. The molecule has 112 valence electrons. The molecule has 0 unspecified atom stereocenters. The second-order valence-corrected chi connectivity index (χ2v) is 5.27. The highest BCUT2D eigenvalue weighted by molar-refractivity contribution is 6.30. The van der Waals surface area contributed by atoms with Crippen molar-refractivity contribution in [1.82, 2.24) is 0 Å². The van der Waals surface area contributed by atoms with Crippen LogP contribution < -0.4 is 10.5 Å². The lowest BCUT2D eigenvalue weighted by Gasteiger charge is -2.20. The molecule has 0 aliphatic rings. The molecule has 1 atom stereocenters. The van der Waals surface area contributed by atoms with Gasteiger partial charge in [0.2, 0.25) is 0 Å². The van der Waals surface area contributed by atoms with Crippen LogP contribution in [0.15, 0.2) is 48.5 Å². The smallest absolute Gasteiger partial charge is 0.306 e. The fourth-order valence-electron chi connectivity index (χ4n) is 1.94. The number of nitrogens with two attached hydrogens (primary N) is 1. The minimum absolute atomic E-state index is 0.0821. The normalized spacial score (nSPS) is 13.0. The fraction of sp³-hybridized carbons (Fsp3) is 0.250. The topological polar surface area (TPSA) is 35.2 Å². The molecule has 0 aliphatic heterocycles. The lowest BCUT2D eigenvalue weighted by Crippen LogP contribution is -2.23. The summed E-state index contributed by atoms with van der Waals surface area (Å²) in [6, 6.07) is 12.0. The molecular weight excluding hydrogens is 296 g/mol. The Balaban J connectivity index is 2.16. The van der Waals surface area contributed by atoms with Crippen LogP contribution in [0.25, 0.3) is 0 Å². The minimum atomic E-state index is -3.07. The average Bonchev–Trinajstić information content (AvgIpc) is 2.47. The van der Waals surface area contributed by atoms with Gasteiger partial charge in [0.05, 0.1) is 0 Å². The highest BCUT2D eigenvalue weighted by Crippen LogP contribution is 2.32. The zero-order chi connectivity index (χ0) is 15.5. The molecule has 0 aromatic heterocycles. The molecule has 0 saturated carbocycles. The van der Waals surface area contributed by atoms with Crippen LogP contribution >= 0.6 is 11.6 Å². The van der Waals surface area contributed by atoms with Crippen molar-refractivity contribution in [2.45, 2.75) is 18.9 Å². The van der Waals surface area contributed by atoms with Crippen molar-refractivity contribution in [3.05, 3.63) is 64.7 Å². The summed E-state index contributed by atoms with van der Waals surface area (Å²) in [4.78, 5) is 0. The zero-order valence-corrected chi connectivity index (χ0v) is 12.3. The summed E-state index contributed by atoms with van der Waals surface area (Å²) in [5.74, 6) is -2.75. The summed E-state index contributed by atoms with van der Waals surface area (Å²) in [7, 11) is 0. The maximum atomic E-state index is 14.1. The van der Waals surface area contributed by atoms with Gasteiger partial charge in [-0.25, -0.2) is 0 Å². The molecular formula is C16H16ClF2NO. The van der Waals surface area contributed by atoms with Crippen LogP contribution in [0, 0.1) is 0 Å². The summed E-state index contributed by atoms with van der Waals surface area (Å²) in [5, 5.41) is 0.490. The van der Waals surface area contributed by atoms with Crippen molar-refractivity contribution in [2.24, 2.45) is 5.73 Å². The van der Waals surface area contributed by atoms with Gasteiger partial charge in [0.1, 0.15) is 5.75 Å². The molecule has 2 rings (SSSR count). The zero-order valence-electron chi connectivity index (χ0n) is 11.5. The molecule has 2 aromatic carbocycles. The van der Waals surface area contributed by atoms with Gasteiger partial charge in [-0.15, -0.1) is 0 Å². The number of halogens is 3. The van der Waals surface area contributed by atoms with Crippen molar-refractivity contribution in [2.75, 3.05) is 6.61 Å². The van der Waals surface area contributed by atoms with Crippen molar-refractivity contribution >= 4 is 11.6 Å². The van der Waals surface area contributed by atoms with Gasteiger partial charge in [-0.1, -0.05) is 41.9 Å². The Kier molecular flexibility index (Phi) is 4.80. The first-order valence-corrected chi connectivity index (χ1v) is 6.89. The third-order valence-corrected chi connectivity index (χ3v) is 3.30. The van der Waals surface area contributed by atoms with Gasteiger partial charge >= 0.3 is 5.92 Å². The predicted octanol–water partition coefficient (Wildman–Crippen LogP) is 4.53. The molecule has 0 bridgehead atoms. The third-order valence-electron chi connectivity index (χ3n) is 3.07. The molecule has 0 fully saturated rings. The van der Waals surface area contributed by atoms with Crippen LogP contribution in [0.5, 0.6) is 5.75 Å². The second kappa shape index (κ2) is 6.41. The van der Waals surface area contributed by atoms with Crippen LogP contribution in [0.1, 0.15) is 24.1 Å². The van der Waals surface area contributed by atoms with E-state index in [2.05, 4.69) is 0 Å². The third kappa shape index (κ3) is 3.93. The maximum absolute atomic E-state index is 14.1. The molecule has 0 amide bonds. The van der Waals surface area contributed by atoms with Gasteiger partial charge in [-0.05, 0) is 25.1 Å². The predicted molar refractivity (Wildman–Crippen MR) is 79.9 cm³/mol. The SMILES string of the molecule is C[C@@H](N)c1cc(Cl)ccc1OCC(F)(F)c1ccccc1. The van der Waals surface area contributed by atoms with Crippen LogP contribution in [0.3, 0.4) is 0 Å². The number of benzene rings is 2. The van der Waals surface area contributed by atoms with Crippen molar-refractivity contribution in [3.8, 4) is 5.75 Å². The second-order valence-electron chi connectivity index (χ2n) is 4.83. The number of hydrogen-bond donors (Lipinski definition) is 1. The summed E-state index contributed by atoms with van der Waals surface area (Å²) in [6.07, 6.45) is 0. The molecule has 0 saturated heterocycles. The van der Waals surface area contributed by atoms with E-state index in [9.17, 15) is 8.78 Å². The van der Waals surface area contributed by atoms with Gasteiger partial charge < -0.3 is 10.5 Å². The summed E-state index contributed by atoms with van der Waals surface area (Å²) in [6.45, 7) is 0.992. The first-order valence-electron chi connectivity index (χ1n) is 6.51. The van der Waals surface area contributed by atoms with E-state index in [1.54, 1.807) is 43.3 Å². The van der Waals surface area contributed by atoms with Crippen LogP contribution in [-0.4, -0.2) is 6.61 Å². The average molecular weight is 312 g/mol. The minimum Gasteiger partial charge on any atom is -0.487 e. The van der Waals surface area contributed by atoms with Gasteiger partial charge in [0.25, 0.3) is 0 Å². The Morgan fingerprint density at radius 3 is 2.48 bits per heavy atom. The fourth-order valence-corrected chi connectivity index (χ4v) is 2.12. The van der Waals surface area contributed by atoms with E-state index in [0.29, 0.717) is 16.3 Å².